The molecule has 2 fully saturated rings. The fourth-order valence-electron chi connectivity index (χ4n) is 5.02. The number of esters is 1. The Balaban J connectivity index is 1.40. The Morgan fingerprint density at radius 2 is 1.69 bits per heavy atom. The van der Waals surface area contributed by atoms with Crippen LogP contribution in [0.2, 0.25) is 0 Å². The number of ether oxygens (including phenoxy) is 3. The lowest BCUT2D eigenvalue weighted by atomic mass is 9.84. The van der Waals surface area contributed by atoms with Crippen LogP contribution in [0.25, 0.3) is 0 Å². The summed E-state index contributed by atoms with van der Waals surface area (Å²) >= 11 is 0. The van der Waals surface area contributed by atoms with Crippen molar-refractivity contribution in [3.05, 3.63) is 59.7 Å². The molecule has 1 spiro atoms. The zero-order chi connectivity index (χ0) is 17.9. The van der Waals surface area contributed by atoms with Crippen LogP contribution in [-0.4, -0.2) is 42.1 Å². The number of hydrogen-bond donors (Lipinski definition) is 1. The van der Waals surface area contributed by atoms with Gasteiger partial charge in [0.25, 0.3) is 0 Å². The third kappa shape index (κ3) is 2.00. The Kier molecular flexibility index (Phi) is 3.36. The van der Waals surface area contributed by atoms with Crippen LogP contribution in [0.3, 0.4) is 0 Å². The molecular formula is C20H18O6. The predicted octanol–water partition coefficient (Wildman–Crippen LogP) is 2.27. The number of carboxylic acid groups (broad SMARTS) is 1. The zero-order valence-electron chi connectivity index (χ0n) is 13.9. The Labute approximate surface area is 150 Å². The van der Waals surface area contributed by atoms with Gasteiger partial charge in [-0.2, -0.15) is 0 Å². The normalized spacial score (nSPS) is 35.2. The maximum atomic E-state index is 12.6. The molecule has 1 aromatic rings. The molecule has 0 amide bonds. The first kappa shape index (κ1) is 15.8. The van der Waals surface area contributed by atoms with Gasteiger partial charge in [-0.3, -0.25) is 0 Å². The second-order valence-electron chi connectivity index (χ2n) is 7.12. The Morgan fingerprint density at radius 1 is 1.00 bits per heavy atom. The van der Waals surface area contributed by atoms with Crippen LogP contribution in [0, 0.1) is 23.7 Å². The lowest BCUT2D eigenvalue weighted by Crippen LogP contribution is -2.39. The Bertz CT molecular complexity index is 834. The van der Waals surface area contributed by atoms with Gasteiger partial charge in [0, 0.05) is 17.8 Å². The van der Waals surface area contributed by atoms with Gasteiger partial charge in [-0.1, -0.05) is 30.4 Å². The second kappa shape index (κ2) is 5.53. The Morgan fingerprint density at radius 3 is 2.42 bits per heavy atom. The molecule has 1 saturated heterocycles. The molecule has 1 aliphatic heterocycles. The van der Waals surface area contributed by atoms with Crippen LogP contribution in [0.15, 0.2) is 48.6 Å². The van der Waals surface area contributed by atoms with Crippen molar-refractivity contribution >= 4 is 11.9 Å². The van der Waals surface area contributed by atoms with Crippen molar-refractivity contribution in [2.45, 2.75) is 11.9 Å². The summed E-state index contributed by atoms with van der Waals surface area (Å²) < 4.78 is 17.7. The first-order chi connectivity index (χ1) is 12.6. The van der Waals surface area contributed by atoms with Gasteiger partial charge in [0.2, 0.25) is 0 Å². The molecule has 3 aliphatic carbocycles. The molecule has 0 unspecified atom stereocenters. The number of carboxylic acids is 1. The lowest BCUT2D eigenvalue weighted by molar-refractivity contribution is -0.189. The summed E-state index contributed by atoms with van der Waals surface area (Å²) in [6, 6.07) is 6.10. The summed E-state index contributed by atoms with van der Waals surface area (Å²) in [4.78, 5) is 24.0. The first-order valence-electron chi connectivity index (χ1n) is 8.80. The van der Waals surface area contributed by atoms with Crippen LogP contribution in [0.4, 0.5) is 0 Å². The van der Waals surface area contributed by atoms with Gasteiger partial charge >= 0.3 is 11.9 Å². The quantitative estimate of drug-likeness (QED) is 0.662. The second-order valence-corrected chi connectivity index (χ2v) is 7.12. The fraction of sp³-hybridized carbons (Fsp3) is 0.400. The largest absolute Gasteiger partial charge is 0.478 e. The summed E-state index contributed by atoms with van der Waals surface area (Å²) in [7, 11) is 0. The standard InChI is InChI=1S/C20H18O6/c21-18(22)11-3-1-2-4-12(11)19(23)26-16-8-5-13-14-6-7-15(17(13)16)20(14)24-9-10-25-20/h1-8,13-17H,9-10H2,(H,21,22)/t13-,14+,15+,16+,17+/m0/s1. The van der Waals surface area contributed by atoms with Crippen LogP contribution in [-0.2, 0) is 14.2 Å². The number of fused-ring (bicyclic) bond motifs is 3. The SMILES string of the molecule is O=C(O)c1ccccc1C(=O)O[C@@H]1C=C[C@@H]2[C@@H]1[C@H]1C=C[C@H]2C12OCCO2. The van der Waals surface area contributed by atoms with E-state index in [1.54, 1.807) is 12.1 Å². The van der Waals surface area contributed by atoms with Crippen molar-refractivity contribution in [2.75, 3.05) is 13.2 Å². The fourth-order valence-corrected chi connectivity index (χ4v) is 5.02. The number of benzene rings is 1. The Hall–Kier alpha value is -2.44. The average Bonchev–Trinajstić information content (AvgIpc) is 3.40. The molecule has 0 radical (unpaired) electrons. The van der Waals surface area contributed by atoms with Crippen molar-refractivity contribution in [3.63, 3.8) is 0 Å². The molecule has 1 heterocycles. The van der Waals surface area contributed by atoms with Crippen molar-refractivity contribution in [3.8, 4) is 0 Å². The van der Waals surface area contributed by atoms with Gasteiger partial charge in [0.15, 0.2) is 5.79 Å². The molecule has 134 valence electrons. The summed E-state index contributed by atoms with van der Waals surface area (Å²) in [5.74, 6) is -1.96. The molecule has 6 heteroatoms. The van der Waals surface area contributed by atoms with E-state index in [2.05, 4.69) is 18.2 Å². The van der Waals surface area contributed by atoms with Gasteiger partial charge in [-0.05, 0) is 24.1 Å². The lowest BCUT2D eigenvalue weighted by Gasteiger charge is -2.30. The third-order valence-electron chi connectivity index (χ3n) is 5.99. The van der Waals surface area contributed by atoms with E-state index in [-0.39, 0.29) is 34.8 Å². The monoisotopic (exact) mass is 354 g/mol. The molecule has 1 aromatic carbocycles. The molecule has 2 bridgehead atoms. The predicted molar refractivity (Wildman–Crippen MR) is 89.5 cm³/mol. The van der Waals surface area contributed by atoms with Crippen LogP contribution < -0.4 is 0 Å². The van der Waals surface area contributed by atoms with E-state index >= 15 is 0 Å². The molecule has 5 rings (SSSR count). The topological polar surface area (TPSA) is 82.1 Å². The van der Waals surface area contributed by atoms with Gasteiger partial charge in [0.05, 0.1) is 24.3 Å². The van der Waals surface area contributed by atoms with Crippen LogP contribution >= 0.6 is 0 Å². The van der Waals surface area contributed by atoms with E-state index in [4.69, 9.17) is 14.2 Å². The number of carbonyl (C=O) groups is 2. The highest BCUT2D eigenvalue weighted by Crippen LogP contribution is 2.61. The van der Waals surface area contributed by atoms with E-state index in [0.717, 1.165) is 0 Å². The molecule has 6 nitrogen and oxygen atoms in total. The average molecular weight is 354 g/mol. The molecule has 1 saturated carbocycles. The van der Waals surface area contributed by atoms with Gasteiger partial charge in [-0.25, -0.2) is 9.59 Å². The number of aromatic carboxylic acids is 1. The summed E-state index contributed by atoms with van der Waals surface area (Å²) in [5, 5.41) is 9.29. The molecule has 4 aliphatic rings. The van der Waals surface area contributed by atoms with Gasteiger partial charge < -0.3 is 19.3 Å². The minimum Gasteiger partial charge on any atom is -0.478 e. The number of carbonyl (C=O) groups excluding carboxylic acids is 1. The zero-order valence-corrected chi connectivity index (χ0v) is 13.9. The van der Waals surface area contributed by atoms with Gasteiger partial charge in [-0.15, -0.1) is 0 Å². The smallest absolute Gasteiger partial charge is 0.339 e. The highest BCUT2D eigenvalue weighted by molar-refractivity contribution is 6.02. The van der Waals surface area contributed by atoms with E-state index in [0.29, 0.717) is 13.2 Å². The molecule has 1 N–H and O–H groups in total. The number of allylic oxidation sites excluding steroid dienone is 1. The van der Waals surface area contributed by atoms with E-state index < -0.39 is 23.8 Å². The number of hydrogen-bond acceptors (Lipinski definition) is 5. The minimum absolute atomic E-state index is 0.0301. The maximum Gasteiger partial charge on any atom is 0.339 e. The number of rotatable bonds is 3. The molecular weight excluding hydrogens is 336 g/mol. The van der Waals surface area contributed by atoms with Gasteiger partial charge in [0.1, 0.15) is 6.10 Å². The van der Waals surface area contributed by atoms with Crippen LogP contribution in [0.5, 0.6) is 0 Å². The van der Waals surface area contributed by atoms with E-state index in [9.17, 15) is 14.7 Å². The summed E-state index contributed by atoms with van der Waals surface area (Å²) in [6.07, 6.45) is 7.82. The third-order valence-corrected chi connectivity index (χ3v) is 5.99. The molecule has 0 aromatic heterocycles. The van der Waals surface area contributed by atoms with E-state index in [1.165, 1.54) is 12.1 Å². The first-order valence-corrected chi connectivity index (χ1v) is 8.80. The van der Waals surface area contributed by atoms with Crippen LogP contribution in [0.1, 0.15) is 20.7 Å². The highest BCUT2D eigenvalue weighted by Gasteiger charge is 2.67. The molecule has 5 atom stereocenters. The van der Waals surface area contributed by atoms with Crippen molar-refractivity contribution in [1.29, 1.82) is 0 Å². The van der Waals surface area contributed by atoms with Crippen molar-refractivity contribution < 1.29 is 28.9 Å². The van der Waals surface area contributed by atoms with Crippen molar-refractivity contribution in [2.24, 2.45) is 23.7 Å². The van der Waals surface area contributed by atoms with Crippen molar-refractivity contribution in [1.82, 2.24) is 0 Å². The molecule has 26 heavy (non-hydrogen) atoms. The maximum absolute atomic E-state index is 12.6. The summed E-state index contributed by atoms with van der Waals surface area (Å²) in [6.45, 7) is 1.16. The van der Waals surface area contributed by atoms with E-state index in [1.807, 2.05) is 6.08 Å². The summed E-state index contributed by atoms with van der Waals surface area (Å²) in [5.41, 5.74) is 0.0152. The highest BCUT2D eigenvalue weighted by atomic mass is 16.7. The minimum atomic E-state index is -1.15.